The fraction of sp³-hybridized carbons (Fsp3) is 0.733. The molecule has 0 aromatic carbocycles. The second-order valence-corrected chi connectivity index (χ2v) is 6.49. The van der Waals surface area contributed by atoms with Crippen LogP contribution in [0.3, 0.4) is 0 Å². The molecular weight excluding hydrogens is 254 g/mol. The number of thioether (sulfide) groups is 1. The Balaban J connectivity index is 2.23. The van der Waals surface area contributed by atoms with Gasteiger partial charge < -0.3 is 5.73 Å². The lowest BCUT2D eigenvalue weighted by Crippen LogP contribution is -2.14. The molecule has 0 atom stereocenters. The Labute approximate surface area is 120 Å². The van der Waals surface area contributed by atoms with Crippen molar-refractivity contribution in [3.63, 3.8) is 0 Å². The average molecular weight is 279 g/mol. The smallest absolute Gasteiger partial charge is 0.124 e. The van der Waals surface area contributed by atoms with Crippen LogP contribution >= 0.6 is 11.8 Å². The monoisotopic (exact) mass is 279 g/mol. The van der Waals surface area contributed by atoms with Crippen molar-refractivity contribution < 1.29 is 0 Å². The standard InChI is InChI=1S/C15H25N3S/c1-3-12-13(10-16)15(18-17-14(12)4-2)19-11-8-6-5-7-9-11/h11H,3-10,16H2,1-2H3. The van der Waals surface area contributed by atoms with E-state index in [0.29, 0.717) is 11.8 Å². The molecule has 0 spiro atoms. The summed E-state index contributed by atoms with van der Waals surface area (Å²) in [5.41, 5.74) is 9.67. The Bertz CT molecular complexity index is 414. The molecule has 0 amide bonds. The first-order valence-electron chi connectivity index (χ1n) is 7.54. The quantitative estimate of drug-likeness (QED) is 0.896. The first-order chi connectivity index (χ1) is 9.30. The Hall–Kier alpha value is -0.610. The molecule has 0 radical (unpaired) electrons. The van der Waals surface area contributed by atoms with Crippen molar-refractivity contribution in [2.24, 2.45) is 5.73 Å². The van der Waals surface area contributed by atoms with Gasteiger partial charge in [0.15, 0.2) is 0 Å². The van der Waals surface area contributed by atoms with Crippen LogP contribution in [0.1, 0.15) is 62.8 Å². The minimum Gasteiger partial charge on any atom is -0.326 e. The van der Waals surface area contributed by atoms with E-state index in [0.717, 1.165) is 23.6 Å². The third kappa shape index (κ3) is 3.48. The molecule has 1 aromatic rings. The number of nitrogens with two attached hydrogens (primary N) is 1. The zero-order valence-electron chi connectivity index (χ0n) is 12.1. The molecule has 0 unspecified atom stereocenters. The molecular formula is C15H25N3S. The molecule has 1 heterocycles. The van der Waals surface area contributed by atoms with Gasteiger partial charge in [-0.05, 0) is 31.2 Å². The van der Waals surface area contributed by atoms with E-state index < -0.39 is 0 Å². The van der Waals surface area contributed by atoms with Gasteiger partial charge in [0.1, 0.15) is 5.03 Å². The van der Waals surface area contributed by atoms with Gasteiger partial charge in [-0.2, -0.15) is 5.10 Å². The van der Waals surface area contributed by atoms with E-state index in [4.69, 9.17) is 5.73 Å². The summed E-state index contributed by atoms with van der Waals surface area (Å²) in [6.07, 6.45) is 8.68. The van der Waals surface area contributed by atoms with E-state index >= 15 is 0 Å². The number of nitrogens with zero attached hydrogens (tertiary/aromatic N) is 2. The third-order valence-corrected chi connectivity index (χ3v) is 5.31. The second-order valence-electron chi connectivity index (χ2n) is 5.20. The average Bonchev–Trinajstić information content (AvgIpc) is 2.47. The van der Waals surface area contributed by atoms with Gasteiger partial charge in [-0.25, -0.2) is 0 Å². The molecule has 1 aliphatic rings. The van der Waals surface area contributed by atoms with E-state index in [2.05, 4.69) is 24.0 Å². The maximum atomic E-state index is 5.97. The summed E-state index contributed by atoms with van der Waals surface area (Å²) >= 11 is 1.91. The van der Waals surface area contributed by atoms with Crippen LogP contribution in [0.15, 0.2) is 5.03 Å². The third-order valence-electron chi connectivity index (χ3n) is 3.96. The molecule has 0 saturated heterocycles. The van der Waals surface area contributed by atoms with Gasteiger partial charge >= 0.3 is 0 Å². The molecule has 1 aliphatic carbocycles. The number of aromatic nitrogens is 2. The maximum Gasteiger partial charge on any atom is 0.124 e. The maximum absolute atomic E-state index is 5.97. The lowest BCUT2D eigenvalue weighted by molar-refractivity contribution is 0.515. The van der Waals surface area contributed by atoms with Crippen LogP contribution in [0.2, 0.25) is 0 Å². The zero-order chi connectivity index (χ0) is 13.7. The Morgan fingerprint density at radius 3 is 2.37 bits per heavy atom. The van der Waals surface area contributed by atoms with Crippen molar-refractivity contribution in [2.75, 3.05) is 0 Å². The molecule has 2 N–H and O–H groups in total. The van der Waals surface area contributed by atoms with Crippen molar-refractivity contribution in [1.29, 1.82) is 0 Å². The highest BCUT2D eigenvalue weighted by Crippen LogP contribution is 2.35. The summed E-state index contributed by atoms with van der Waals surface area (Å²) in [6, 6.07) is 0. The summed E-state index contributed by atoms with van der Waals surface area (Å²) < 4.78 is 0. The molecule has 19 heavy (non-hydrogen) atoms. The molecule has 0 aliphatic heterocycles. The first kappa shape index (κ1) is 14.8. The highest BCUT2D eigenvalue weighted by Gasteiger charge is 2.19. The van der Waals surface area contributed by atoms with Gasteiger partial charge in [0.25, 0.3) is 0 Å². The van der Waals surface area contributed by atoms with E-state index in [1.165, 1.54) is 43.2 Å². The van der Waals surface area contributed by atoms with Crippen molar-refractivity contribution in [1.82, 2.24) is 10.2 Å². The van der Waals surface area contributed by atoms with Crippen LogP contribution in [0.4, 0.5) is 0 Å². The largest absolute Gasteiger partial charge is 0.326 e. The zero-order valence-corrected chi connectivity index (χ0v) is 12.9. The van der Waals surface area contributed by atoms with Crippen LogP contribution in [-0.2, 0) is 19.4 Å². The lowest BCUT2D eigenvalue weighted by atomic mass is 10.0. The minimum absolute atomic E-state index is 0.584. The summed E-state index contributed by atoms with van der Waals surface area (Å²) in [4.78, 5) is 0. The number of rotatable bonds is 5. The molecule has 2 rings (SSSR count). The number of hydrogen-bond donors (Lipinski definition) is 1. The lowest BCUT2D eigenvalue weighted by Gasteiger charge is -2.22. The van der Waals surface area contributed by atoms with Crippen LogP contribution < -0.4 is 5.73 Å². The molecule has 106 valence electrons. The van der Waals surface area contributed by atoms with Crippen molar-refractivity contribution in [3.8, 4) is 0 Å². The van der Waals surface area contributed by atoms with Gasteiger partial charge in [0, 0.05) is 17.4 Å². The van der Waals surface area contributed by atoms with Gasteiger partial charge in [-0.15, -0.1) is 16.9 Å². The van der Waals surface area contributed by atoms with Gasteiger partial charge in [0.05, 0.1) is 5.69 Å². The molecule has 4 heteroatoms. The normalized spacial score (nSPS) is 16.8. The predicted octanol–water partition coefficient (Wildman–Crippen LogP) is 3.48. The summed E-state index contributed by atoms with van der Waals surface area (Å²) in [5, 5.41) is 10.7. The van der Waals surface area contributed by atoms with Gasteiger partial charge in [-0.3, -0.25) is 0 Å². The fourth-order valence-electron chi connectivity index (χ4n) is 2.88. The van der Waals surface area contributed by atoms with Crippen LogP contribution in [0.5, 0.6) is 0 Å². The van der Waals surface area contributed by atoms with E-state index in [9.17, 15) is 0 Å². The van der Waals surface area contributed by atoms with Crippen molar-refractivity contribution in [2.45, 2.75) is 75.6 Å². The summed E-state index contributed by atoms with van der Waals surface area (Å²) in [7, 11) is 0. The molecule has 0 bridgehead atoms. The van der Waals surface area contributed by atoms with Crippen molar-refractivity contribution >= 4 is 11.8 Å². The number of hydrogen-bond acceptors (Lipinski definition) is 4. The van der Waals surface area contributed by atoms with E-state index in [1.807, 2.05) is 11.8 Å². The second kappa shape index (κ2) is 7.25. The summed E-state index contributed by atoms with van der Waals surface area (Å²) in [6.45, 7) is 4.91. The highest BCUT2D eigenvalue weighted by molar-refractivity contribution is 7.99. The van der Waals surface area contributed by atoms with Gasteiger partial charge in [-0.1, -0.05) is 33.1 Å². The topological polar surface area (TPSA) is 51.8 Å². The fourth-order valence-corrected chi connectivity index (χ4v) is 4.20. The van der Waals surface area contributed by atoms with Crippen LogP contribution in [0, 0.1) is 0 Å². The van der Waals surface area contributed by atoms with Crippen LogP contribution in [0.25, 0.3) is 0 Å². The number of aryl methyl sites for hydroxylation is 1. The predicted molar refractivity (Wildman–Crippen MR) is 81.4 cm³/mol. The molecule has 1 saturated carbocycles. The van der Waals surface area contributed by atoms with Gasteiger partial charge in [0.2, 0.25) is 0 Å². The first-order valence-corrected chi connectivity index (χ1v) is 8.42. The molecule has 1 aromatic heterocycles. The Morgan fingerprint density at radius 1 is 1.05 bits per heavy atom. The molecule has 3 nitrogen and oxygen atoms in total. The Kier molecular flexibility index (Phi) is 5.64. The van der Waals surface area contributed by atoms with E-state index in [-0.39, 0.29) is 0 Å². The molecule has 1 fully saturated rings. The van der Waals surface area contributed by atoms with Crippen molar-refractivity contribution in [3.05, 3.63) is 16.8 Å². The summed E-state index contributed by atoms with van der Waals surface area (Å²) in [5.74, 6) is 0. The minimum atomic E-state index is 0.584. The highest BCUT2D eigenvalue weighted by atomic mass is 32.2. The van der Waals surface area contributed by atoms with Crippen LogP contribution in [-0.4, -0.2) is 15.4 Å². The van der Waals surface area contributed by atoms with E-state index in [1.54, 1.807) is 0 Å². The SMILES string of the molecule is CCc1nnc(SC2CCCCC2)c(CN)c1CC. The Morgan fingerprint density at radius 2 is 1.79 bits per heavy atom.